The van der Waals surface area contributed by atoms with Gasteiger partial charge in [0.2, 0.25) is 5.06 Å². The fourth-order valence-corrected chi connectivity index (χ4v) is 3.65. The van der Waals surface area contributed by atoms with Crippen LogP contribution in [0.5, 0.6) is 10.8 Å². The number of halogens is 1. The molecule has 0 spiro atoms. The number of rotatable bonds is 5. The van der Waals surface area contributed by atoms with Crippen molar-refractivity contribution >= 4 is 34.7 Å². The summed E-state index contributed by atoms with van der Waals surface area (Å²) in [5.74, 6) is 2.36. The Morgan fingerprint density at radius 3 is 2.40 bits per heavy atom. The van der Waals surface area contributed by atoms with E-state index < -0.39 is 0 Å². The van der Waals surface area contributed by atoms with Crippen molar-refractivity contribution in [3.63, 3.8) is 0 Å². The summed E-state index contributed by atoms with van der Waals surface area (Å²) in [6, 6.07) is 4.05. The first kappa shape index (κ1) is 19.7. The maximum absolute atomic E-state index is 6.41. The third-order valence-corrected chi connectivity index (χ3v) is 5.14. The van der Waals surface area contributed by atoms with Crippen LogP contribution in [0.15, 0.2) is 17.1 Å². The van der Waals surface area contributed by atoms with E-state index in [1.165, 1.54) is 11.5 Å². The Kier molecular flexibility index (Phi) is 6.47. The Labute approximate surface area is 159 Å². The van der Waals surface area contributed by atoms with Crippen molar-refractivity contribution < 1.29 is 4.74 Å². The van der Waals surface area contributed by atoms with Gasteiger partial charge in [-0.25, -0.2) is 4.99 Å². The molecule has 1 heterocycles. The lowest BCUT2D eigenvalue weighted by molar-refractivity contribution is 0.492. The number of nitrogens with one attached hydrogen (secondary N) is 1. The molecule has 2 rings (SSSR count). The zero-order chi connectivity index (χ0) is 18.7. The van der Waals surface area contributed by atoms with Crippen LogP contribution in [0.25, 0.3) is 0 Å². The maximum atomic E-state index is 6.41. The number of aryl methyl sites for hydroxylation is 2. The number of hydrogen-bond donors (Lipinski definition) is 1. The smallest absolute Gasteiger partial charge is 0.219 e. The van der Waals surface area contributed by atoms with E-state index in [0.29, 0.717) is 16.0 Å². The van der Waals surface area contributed by atoms with Crippen LogP contribution in [0, 0.1) is 19.8 Å². The predicted octanol–water partition coefficient (Wildman–Crippen LogP) is 6.23. The first-order chi connectivity index (χ1) is 11.7. The zero-order valence-electron chi connectivity index (χ0n) is 15.9. The van der Waals surface area contributed by atoms with Gasteiger partial charge in [0, 0.05) is 24.5 Å². The summed E-state index contributed by atoms with van der Waals surface area (Å²) in [6.45, 7) is 12.4. The zero-order valence-corrected chi connectivity index (χ0v) is 17.5. The second-order valence-corrected chi connectivity index (χ2v) is 7.85. The van der Waals surface area contributed by atoms with Gasteiger partial charge in [-0.15, -0.1) is 0 Å². The third-order valence-electron chi connectivity index (χ3n) is 3.92. The van der Waals surface area contributed by atoms with Crippen LogP contribution >= 0.6 is 23.1 Å². The molecule has 6 heteroatoms. The molecule has 0 aliphatic carbocycles. The monoisotopic (exact) mass is 379 g/mol. The van der Waals surface area contributed by atoms with Gasteiger partial charge in [-0.2, -0.15) is 4.37 Å². The lowest BCUT2D eigenvalue weighted by atomic mass is 10.1. The minimum atomic E-state index is 0.275. The average molecular weight is 380 g/mol. The number of aromatic nitrogens is 1. The summed E-state index contributed by atoms with van der Waals surface area (Å²) in [5, 5.41) is 4.42. The van der Waals surface area contributed by atoms with E-state index in [1.54, 1.807) is 0 Å². The van der Waals surface area contributed by atoms with Crippen molar-refractivity contribution in [2.24, 2.45) is 10.9 Å². The topological polar surface area (TPSA) is 46.5 Å². The molecule has 0 unspecified atom stereocenters. The summed E-state index contributed by atoms with van der Waals surface area (Å²) in [7, 11) is 1.90. The second kappa shape index (κ2) is 8.19. The van der Waals surface area contributed by atoms with Crippen LogP contribution in [0.1, 0.15) is 50.4 Å². The molecule has 2 aromatic rings. The van der Waals surface area contributed by atoms with Gasteiger partial charge in [0.15, 0.2) is 0 Å². The van der Waals surface area contributed by atoms with Crippen molar-refractivity contribution in [3.05, 3.63) is 34.0 Å². The molecule has 0 amide bonds. The van der Waals surface area contributed by atoms with Crippen LogP contribution < -0.4 is 10.1 Å². The largest absolute Gasteiger partial charge is 0.443 e. The highest BCUT2D eigenvalue weighted by Gasteiger charge is 2.17. The van der Waals surface area contributed by atoms with E-state index in [2.05, 4.69) is 37.4 Å². The molecule has 1 aromatic heterocycles. The van der Waals surface area contributed by atoms with Crippen LogP contribution in [0.3, 0.4) is 0 Å². The average Bonchev–Trinajstić information content (AvgIpc) is 2.90. The fourth-order valence-electron chi connectivity index (χ4n) is 2.41. The van der Waals surface area contributed by atoms with Gasteiger partial charge in [-0.3, -0.25) is 0 Å². The summed E-state index contributed by atoms with van der Waals surface area (Å²) in [6.07, 6.45) is 0. The Balaban J connectivity index is 2.34. The minimum absolute atomic E-state index is 0.275. The molecule has 4 nitrogen and oxygen atoms in total. The standard InChI is InChI=1S/C19H26ClN3OS/c1-10(2)17-16(20)19(25-23-17)24-15-9-12(5)14(8-13(15)6)22-18(21-7)11(3)4/h8-11H,1-7H3,(H,21,22). The number of benzene rings is 1. The highest BCUT2D eigenvalue weighted by molar-refractivity contribution is 7.08. The summed E-state index contributed by atoms with van der Waals surface area (Å²) in [4.78, 5) is 4.74. The molecule has 0 radical (unpaired) electrons. The molecular formula is C19H26ClN3OS. The summed E-state index contributed by atoms with van der Waals surface area (Å²) in [5.41, 5.74) is 3.90. The van der Waals surface area contributed by atoms with E-state index in [0.717, 1.165) is 34.1 Å². The molecule has 0 atom stereocenters. The van der Waals surface area contributed by atoms with Gasteiger partial charge in [-0.05, 0) is 43.0 Å². The number of ether oxygens (including phenoxy) is 1. The Bertz CT molecular complexity index is 781. The van der Waals surface area contributed by atoms with Crippen molar-refractivity contribution in [2.75, 3.05) is 7.05 Å². The molecule has 0 fully saturated rings. The highest BCUT2D eigenvalue weighted by atomic mass is 35.5. The minimum Gasteiger partial charge on any atom is -0.443 e. The van der Waals surface area contributed by atoms with Crippen molar-refractivity contribution in [1.82, 2.24) is 9.69 Å². The van der Waals surface area contributed by atoms with Gasteiger partial charge in [0.1, 0.15) is 16.6 Å². The summed E-state index contributed by atoms with van der Waals surface area (Å²) < 4.78 is 10.5. The second-order valence-electron chi connectivity index (χ2n) is 6.73. The number of hydrogen-bond acceptors (Lipinski definition) is 4. The van der Waals surface area contributed by atoms with Crippen molar-refractivity contribution in [1.29, 1.82) is 0 Å². The van der Waals surface area contributed by atoms with E-state index in [4.69, 9.17) is 21.3 Å². The quantitative estimate of drug-likeness (QED) is 0.494. The van der Waals surface area contributed by atoms with Gasteiger partial charge in [0.25, 0.3) is 0 Å². The van der Waals surface area contributed by atoms with E-state index in [-0.39, 0.29) is 5.92 Å². The van der Waals surface area contributed by atoms with Crippen LogP contribution in [-0.2, 0) is 0 Å². The van der Waals surface area contributed by atoms with Gasteiger partial charge in [0.05, 0.1) is 11.4 Å². The third kappa shape index (κ3) is 4.53. The number of nitrogens with zero attached hydrogens (tertiary/aromatic N) is 2. The van der Waals surface area contributed by atoms with Crippen LogP contribution in [0.4, 0.5) is 5.69 Å². The van der Waals surface area contributed by atoms with Gasteiger partial charge < -0.3 is 10.1 Å². The van der Waals surface area contributed by atoms with Gasteiger partial charge >= 0.3 is 0 Å². The molecule has 0 saturated heterocycles. The lowest BCUT2D eigenvalue weighted by Gasteiger charge is -2.13. The highest BCUT2D eigenvalue weighted by Crippen LogP contribution is 2.40. The Hall–Kier alpha value is -1.59. The molecule has 0 bridgehead atoms. The normalized spacial score (nSPS) is 12.2. The van der Waals surface area contributed by atoms with Crippen molar-refractivity contribution in [2.45, 2.75) is 47.5 Å². The number of amidine groups is 1. The lowest BCUT2D eigenvalue weighted by Crippen LogP contribution is -2.23. The molecule has 0 saturated carbocycles. The Morgan fingerprint density at radius 1 is 1.20 bits per heavy atom. The molecule has 136 valence electrons. The first-order valence-electron chi connectivity index (χ1n) is 8.45. The van der Waals surface area contributed by atoms with Crippen LogP contribution in [0.2, 0.25) is 5.02 Å². The van der Waals surface area contributed by atoms with E-state index in [9.17, 15) is 0 Å². The molecule has 25 heavy (non-hydrogen) atoms. The van der Waals surface area contributed by atoms with Crippen molar-refractivity contribution in [3.8, 4) is 10.8 Å². The maximum Gasteiger partial charge on any atom is 0.219 e. The molecule has 0 aliphatic heterocycles. The van der Waals surface area contributed by atoms with Crippen LogP contribution in [-0.4, -0.2) is 17.3 Å². The SMILES string of the molecule is CNC(=Nc1cc(C)c(Oc2snc(C(C)C)c2Cl)cc1C)C(C)C. The number of aliphatic imine (C=N–C) groups is 1. The van der Waals surface area contributed by atoms with E-state index >= 15 is 0 Å². The molecule has 0 aliphatic rings. The molecule has 1 N–H and O–H groups in total. The predicted molar refractivity (Wildman–Crippen MR) is 108 cm³/mol. The molecule has 1 aromatic carbocycles. The summed E-state index contributed by atoms with van der Waals surface area (Å²) >= 11 is 7.70. The molecular weight excluding hydrogens is 354 g/mol. The van der Waals surface area contributed by atoms with E-state index in [1.807, 2.05) is 33.0 Å². The van der Waals surface area contributed by atoms with Gasteiger partial charge in [-0.1, -0.05) is 39.3 Å². The first-order valence-corrected chi connectivity index (χ1v) is 9.60. The Morgan fingerprint density at radius 2 is 1.88 bits per heavy atom. The fraction of sp³-hybridized carbons (Fsp3) is 0.474.